The molecule has 1 amide bonds. The first kappa shape index (κ1) is 14.0. The Bertz CT molecular complexity index is 240. The number of nitrogens with one attached hydrogen (secondary N) is 1. The van der Waals surface area contributed by atoms with E-state index in [1.165, 1.54) is 7.05 Å². The molecule has 0 aliphatic heterocycles. The molecule has 15 heavy (non-hydrogen) atoms. The van der Waals surface area contributed by atoms with E-state index in [1.807, 2.05) is 19.9 Å². The van der Waals surface area contributed by atoms with Crippen LogP contribution < -0.4 is 5.32 Å². The maximum Gasteiger partial charge on any atom is 0.433 e. The van der Waals surface area contributed by atoms with E-state index in [4.69, 9.17) is 0 Å². The molecule has 0 bridgehead atoms. The maximum atomic E-state index is 10.8. The second-order valence-corrected chi connectivity index (χ2v) is 4.20. The fourth-order valence-corrected chi connectivity index (χ4v) is 1.57. The van der Waals surface area contributed by atoms with Gasteiger partial charge in [-0.2, -0.15) is 11.8 Å². The summed E-state index contributed by atoms with van der Waals surface area (Å²) in [6.45, 7) is 7.66. The summed E-state index contributed by atoms with van der Waals surface area (Å²) in [5, 5.41) is 6.15. The molecule has 5 heteroatoms. The number of hydrogen-bond acceptors (Lipinski definition) is 4. The molecule has 0 aliphatic carbocycles. The normalized spacial score (nSPS) is 11.3. The summed E-state index contributed by atoms with van der Waals surface area (Å²) < 4.78 is 0. The smallest absolute Gasteiger partial charge is 0.323 e. The van der Waals surface area contributed by atoms with E-state index in [9.17, 15) is 4.79 Å². The first-order chi connectivity index (χ1) is 7.11. The fourth-order valence-electron chi connectivity index (χ4n) is 0.691. The second kappa shape index (κ2) is 8.35. The summed E-state index contributed by atoms with van der Waals surface area (Å²) in [6, 6.07) is 0. The highest BCUT2D eigenvalue weighted by Crippen LogP contribution is 2.07. The van der Waals surface area contributed by atoms with Crippen LogP contribution in [0.1, 0.15) is 13.8 Å². The third-order valence-corrected chi connectivity index (χ3v) is 2.57. The third kappa shape index (κ3) is 7.02. The van der Waals surface area contributed by atoms with Gasteiger partial charge in [-0.3, -0.25) is 4.84 Å². The quantitative estimate of drug-likeness (QED) is 0.250. The van der Waals surface area contributed by atoms with Crippen LogP contribution in [0.25, 0.3) is 0 Å². The van der Waals surface area contributed by atoms with Gasteiger partial charge in [0.15, 0.2) is 0 Å². The Labute approximate surface area is 95.1 Å². The Morgan fingerprint density at radius 3 is 2.80 bits per heavy atom. The molecule has 0 spiro atoms. The van der Waals surface area contributed by atoms with E-state index in [0.29, 0.717) is 0 Å². The first-order valence-corrected chi connectivity index (χ1v) is 5.91. The van der Waals surface area contributed by atoms with Gasteiger partial charge < -0.3 is 5.32 Å². The lowest BCUT2D eigenvalue weighted by Gasteiger charge is -2.07. The highest BCUT2D eigenvalue weighted by atomic mass is 32.2. The van der Waals surface area contributed by atoms with Crippen LogP contribution in [0.15, 0.2) is 17.8 Å². The van der Waals surface area contributed by atoms with Gasteiger partial charge in [-0.15, -0.1) is 6.58 Å². The van der Waals surface area contributed by atoms with Crippen molar-refractivity contribution in [2.24, 2.45) is 11.1 Å². The summed E-state index contributed by atoms with van der Waals surface area (Å²) >= 11 is 1.69. The molecule has 0 aromatic heterocycles. The molecule has 0 unspecified atom stereocenters. The number of amides is 1. The Morgan fingerprint density at radius 1 is 1.67 bits per heavy atom. The van der Waals surface area contributed by atoms with Crippen LogP contribution in [-0.4, -0.2) is 30.4 Å². The second-order valence-electron chi connectivity index (χ2n) is 3.17. The number of nitrogens with zero attached hydrogens (tertiary/aromatic N) is 1. The summed E-state index contributed by atoms with van der Waals surface area (Å²) in [6.07, 6.45) is 1.30. The molecule has 0 aliphatic rings. The summed E-state index contributed by atoms with van der Waals surface area (Å²) in [5.74, 6) is 1.89. The molecular weight excluding hydrogens is 212 g/mol. The summed E-state index contributed by atoms with van der Waals surface area (Å²) in [4.78, 5) is 15.4. The van der Waals surface area contributed by atoms with Crippen molar-refractivity contribution in [1.82, 2.24) is 5.32 Å². The largest absolute Gasteiger partial charge is 0.433 e. The van der Waals surface area contributed by atoms with Crippen LogP contribution in [0.5, 0.6) is 0 Å². The lowest BCUT2D eigenvalue weighted by Crippen LogP contribution is -2.19. The number of hydrogen-bond donors (Lipinski definition) is 1. The van der Waals surface area contributed by atoms with E-state index in [-0.39, 0.29) is 5.92 Å². The van der Waals surface area contributed by atoms with Crippen molar-refractivity contribution < 1.29 is 9.63 Å². The summed E-state index contributed by atoms with van der Waals surface area (Å²) in [7, 11) is 1.50. The molecule has 86 valence electrons. The van der Waals surface area contributed by atoms with Gasteiger partial charge in [0.1, 0.15) is 0 Å². The number of carbonyl (C=O) groups is 1. The molecule has 0 radical (unpaired) electrons. The first-order valence-electron chi connectivity index (χ1n) is 4.76. The molecule has 0 aromatic carbocycles. The Balaban J connectivity index is 4.12. The predicted octanol–water partition coefficient (Wildman–Crippen LogP) is 2.27. The van der Waals surface area contributed by atoms with Crippen LogP contribution in [0, 0.1) is 5.92 Å². The lowest BCUT2D eigenvalue weighted by atomic mass is 10.1. The molecule has 4 nitrogen and oxygen atoms in total. The van der Waals surface area contributed by atoms with Gasteiger partial charge in [-0.1, -0.05) is 25.1 Å². The number of thioether (sulfide) groups is 1. The van der Waals surface area contributed by atoms with Crippen LogP contribution in [-0.2, 0) is 4.84 Å². The van der Waals surface area contributed by atoms with Crippen molar-refractivity contribution in [3.63, 3.8) is 0 Å². The van der Waals surface area contributed by atoms with Crippen LogP contribution in [0.3, 0.4) is 0 Å². The minimum absolute atomic E-state index is 0.270. The minimum atomic E-state index is -0.540. The zero-order valence-corrected chi connectivity index (χ0v) is 10.3. The summed E-state index contributed by atoms with van der Waals surface area (Å²) in [5.41, 5.74) is 0.866. The molecule has 0 fully saturated rings. The van der Waals surface area contributed by atoms with Crippen molar-refractivity contribution in [2.75, 3.05) is 18.6 Å². The van der Waals surface area contributed by atoms with Gasteiger partial charge in [0.2, 0.25) is 0 Å². The van der Waals surface area contributed by atoms with Crippen molar-refractivity contribution in [3.05, 3.63) is 12.7 Å². The molecule has 0 saturated carbocycles. The fraction of sp³-hybridized carbons (Fsp3) is 0.600. The third-order valence-electron chi connectivity index (χ3n) is 1.60. The van der Waals surface area contributed by atoms with Crippen LogP contribution in [0.2, 0.25) is 0 Å². The van der Waals surface area contributed by atoms with Gasteiger partial charge in [0, 0.05) is 18.6 Å². The average molecular weight is 230 g/mol. The molecule has 1 N–H and O–H groups in total. The zero-order chi connectivity index (χ0) is 11.7. The van der Waals surface area contributed by atoms with E-state index in [0.717, 1.165) is 17.2 Å². The highest BCUT2D eigenvalue weighted by molar-refractivity contribution is 8.00. The number of rotatable bonds is 6. The predicted molar refractivity (Wildman–Crippen MR) is 65.3 cm³/mol. The van der Waals surface area contributed by atoms with Gasteiger partial charge in [-0.25, -0.2) is 4.79 Å². The van der Waals surface area contributed by atoms with E-state index in [2.05, 4.69) is 21.9 Å². The van der Waals surface area contributed by atoms with Gasteiger partial charge in [0.25, 0.3) is 0 Å². The Kier molecular flexibility index (Phi) is 7.81. The highest BCUT2D eigenvalue weighted by Gasteiger charge is 2.07. The monoisotopic (exact) mass is 230 g/mol. The molecule has 0 saturated heterocycles. The average Bonchev–Trinajstić information content (AvgIpc) is 2.22. The molecule has 0 rings (SSSR count). The van der Waals surface area contributed by atoms with Crippen molar-refractivity contribution in [2.45, 2.75) is 13.8 Å². The SMILES string of the molecule is C=CCSCC(=NOC(=O)NC)C(C)C. The van der Waals surface area contributed by atoms with Gasteiger partial charge >= 0.3 is 6.09 Å². The Hall–Kier alpha value is -0.970. The number of oxime groups is 1. The van der Waals surface area contributed by atoms with Crippen molar-refractivity contribution >= 4 is 23.6 Å². The van der Waals surface area contributed by atoms with Crippen molar-refractivity contribution in [3.8, 4) is 0 Å². The lowest BCUT2D eigenvalue weighted by molar-refractivity contribution is 0.152. The number of carbonyl (C=O) groups excluding carboxylic acids is 1. The topological polar surface area (TPSA) is 50.7 Å². The van der Waals surface area contributed by atoms with Crippen LogP contribution in [0.4, 0.5) is 4.79 Å². The minimum Gasteiger partial charge on any atom is -0.323 e. The van der Waals surface area contributed by atoms with E-state index in [1.54, 1.807) is 11.8 Å². The molecular formula is C10H18N2O2S. The molecule has 0 atom stereocenters. The van der Waals surface area contributed by atoms with Gasteiger partial charge in [-0.05, 0) is 5.92 Å². The van der Waals surface area contributed by atoms with Gasteiger partial charge in [0.05, 0.1) is 5.71 Å². The molecule has 0 aromatic rings. The molecule has 0 heterocycles. The Morgan fingerprint density at radius 2 is 2.33 bits per heavy atom. The standard InChI is InChI=1S/C10H18N2O2S/c1-5-6-15-7-9(8(2)3)12-14-10(13)11-4/h5,8H,1,6-7H2,2-4H3,(H,11,13). The van der Waals surface area contributed by atoms with E-state index >= 15 is 0 Å². The zero-order valence-electron chi connectivity index (χ0n) is 9.45. The van der Waals surface area contributed by atoms with Crippen LogP contribution >= 0.6 is 11.8 Å². The maximum absolute atomic E-state index is 10.8. The van der Waals surface area contributed by atoms with E-state index < -0.39 is 6.09 Å². The van der Waals surface area contributed by atoms with Crippen molar-refractivity contribution in [1.29, 1.82) is 0 Å².